The molecule has 5 rings (SSSR count). The molecule has 2 atom stereocenters. The second-order valence-corrected chi connectivity index (χ2v) is 8.34. The van der Waals surface area contributed by atoms with E-state index >= 15 is 0 Å². The van der Waals surface area contributed by atoms with Crippen LogP contribution in [0.1, 0.15) is 25.3 Å². The molecule has 1 saturated heterocycles. The fraction of sp³-hybridized carbons (Fsp3) is 0.375. The van der Waals surface area contributed by atoms with Crippen molar-refractivity contribution < 1.29 is 14.3 Å². The molecule has 2 aliphatic rings. The predicted octanol–water partition coefficient (Wildman–Crippen LogP) is 2.98. The highest BCUT2D eigenvalue weighted by Gasteiger charge is 2.30. The van der Waals surface area contributed by atoms with E-state index in [9.17, 15) is 10.1 Å². The molecule has 2 fully saturated rings. The van der Waals surface area contributed by atoms with Crippen LogP contribution in [0.2, 0.25) is 0 Å². The molecular formula is C24H25N5O3. The van der Waals surface area contributed by atoms with E-state index in [0.29, 0.717) is 23.7 Å². The summed E-state index contributed by atoms with van der Waals surface area (Å²) in [5.74, 6) is 1.38. The van der Waals surface area contributed by atoms with Gasteiger partial charge in [0.25, 0.3) is 0 Å². The average Bonchev–Trinajstić information content (AvgIpc) is 3.60. The first-order valence-electron chi connectivity index (χ1n) is 10.9. The van der Waals surface area contributed by atoms with Crippen molar-refractivity contribution in [1.29, 1.82) is 5.26 Å². The van der Waals surface area contributed by atoms with Gasteiger partial charge in [0.05, 0.1) is 23.8 Å². The van der Waals surface area contributed by atoms with Gasteiger partial charge in [-0.15, -0.1) is 0 Å². The topological polar surface area (TPSA) is 101 Å². The van der Waals surface area contributed by atoms with Crippen molar-refractivity contribution in [1.82, 2.24) is 14.9 Å². The fourth-order valence-electron chi connectivity index (χ4n) is 3.89. The largest absolute Gasteiger partial charge is 0.487 e. The highest BCUT2D eigenvalue weighted by Crippen LogP contribution is 2.34. The molecule has 0 unspecified atom stereocenters. The number of pyridine rings is 1. The lowest BCUT2D eigenvalue weighted by atomic mass is 10.0. The van der Waals surface area contributed by atoms with Crippen LogP contribution >= 0.6 is 0 Å². The van der Waals surface area contributed by atoms with E-state index in [1.54, 1.807) is 10.6 Å². The highest BCUT2D eigenvalue weighted by atomic mass is 16.5. The van der Waals surface area contributed by atoms with E-state index in [4.69, 9.17) is 9.47 Å². The molecule has 8 nitrogen and oxygen atoms in total. The summed E-state index contributed by atoms with van der Waals surface area (Å²) < 4.78 is 13.8. The molecule has 1 aliphatic heterocycles. The zero-order chi connectivity index (χ0) is 22.1. The SMILES string of the molecule is C[C@@H](Oc1ccc(C#N)cc1-c1ccn2nc(NC(=O)C3CC3)cc2c1)[C@@H]1CNCCO1. The van der Waals surface area contributed by atoms with Gasteiger partial charge in [-0.25, -0.2) is 4.52 Å². The Morgan fingerprint density at radius 2 is 2.22 bits per heavy atom. The van der Waals surface area contributed by atoms with Crippen molar-refractivity contribution in [3.05, 3.63) is 48.2 Å². The predicted molar refractivity (Wildman–Crippen MR) is 119 cm³/mol. The summed E-state index contributed by atoms with van der Waals surface area (Å²) in [7, 11) is 0. The summed E-state index contributed by atoms with van der Waals surface area (Å²) in [4.78, 5) is 12.1. The lowest BCUT2D eigenvalue weighted by molar-refractivity contribution is -0.117. The third-order valence-corrected chi connectivity index (χ3v) is 5.88. The number of morpholine rings is 1. The Balaban J connectivity index is 1.44. The minimum absolute atomic E-state index is 0.0273. The number of ether oxygens (including phenoxy) is 2. The minimum atomic E-state index is -0.155. The van der Waals surface area contributed by atoms with Gasteiger partial charge in [-0.3, -0.25) is 4.79 Å². The molecule has 3 heterocycles. The molecule has 3 aromatic rings. The Hall–Kier alpha value is -3.41. The number of carbonyl (C=O) groups excluding carboxylic acids is 1. The van der Waals surface area contributed by atoms with Crippen LogP contribution in [0.3, 0.4) is 0 Å². The van der Waals surface area contributed by atoms with Crippen molar-refractivity contribution in [2.24, 2.45) is 5.92 Å². The van der Waals surface area contributed by atoms with Crippen LogP contribution in [0.4, 0.5) is 5.82 Å². The zero-order valence-corrected chi connectivity index (χ0v) is 17.9. The van der Waals surface area contributed by atoms with Gasteiger partial charge in [-0.2, -0.15) is 10.4 Å². The van der Waals surface area contributed by atoms with Crippen molar-refractivity contribution >= 4 is 17.2 Å². The Morgan fingerprint density at radius 1 is 1.34 bits per heavy atom. The number of nitriles is 1. The molecule has 2 aromatic heterocycles. The quantitative estimate of drug-likeness (QED) is 0.622. The summed E-state index contributed by atoms with van der Waals surface area (Å²) in [6.07, 6.45) is 3.54. The molecule has 2 N–H and O–H groups in total. The number of fused-ring (bicyclic) bond motifs is 1. The number of benzene rings is 1. The molecule has 0 bridgehead atoms. The maximum atomic E-state index is 12.1. The second-order valence-electron chi connectivity index (χ2n) is 8.34. The van der Waals surface area contributed by atoms with E-state index < -0.39 is 0 Å². The van der Waals surface area contributed by atoms with E-state index in [0.717, 1.165) is 42.6 Å². The maximum absolute atomic E-state index is 12.1. The smallest absolute Gasteiger partial charge is 0.228 e. The molecular weight excluding hydrogens is 406 g/mol. The summed E-state index contributed by atoms with van der Waals surface area (Å²) in [5.41, 5.74) is 3.13. The molecule has 0 spiro atoms. The first-order chi connectivity index (χ1) is 15.6. The molecule has 1 saturated carbocycles. The fourth-order valence-corrected chi connectivity index (χ4v) is 3.89. The van der Waals surface area contributed by atoms with Crippen molar-refractivity contribution in [3.8, 4) is 22.9 Å². The normalized spacial score (nSPS) is 19.3. The first-order valence-corrected chi connectivity index (χ1v) is 10.9. The standard InChI is InChI=1S/C24H25N5O3/c1-15(22-14-26-7-9-31-22)32-21-5-2-16(13-25)10-20(21)18-6-8-29-19(11-18)12-23(28-29)27-24(30)17-3-4-17/h2,5-6,8,10-12,15,17,22,26H,3-4,7,9,14H2,1H3,(H,27,28,30)/t15-,22+/m1/s1. The van der Waals surface area contributed by atoms with Gasteiger partial charge in [-0.05, 0) is 55.7 Å². The number of nitrogens with one attached hydrogen (secondary N) is 2. The number of carbonyl (C=O) groups is 1. The molecule has 1 aliphatic carbocycles. The van der Waals surface area contributed by atoms with Gasteiger partial charge < -0.3 is 20.1 Å². The Morgan fingerprint density at radius 3 is 2.97 bits per heavy atom. The van der Waals surface area contributed by atoms with E-state index in [1.165, 1.54) is 0 Å². The second kappa shape index (κ2) is 8.61. The Bertz CT molecular complexity index is 1190. The van der Waals surface area contributed by atoms with Crippen LogP contribution < -0.4 is 15.4 Å². The molecule has 0 radical (unpaired) electrons. The Labute approximate surface area is 186 Å². The summed E-state index contributed by atoms with van der Waals surface area (Å²) >= 11 is 0. The van der Waals surface area contributed by atoms with Gasteiger partial charge >= 0.3 is 0 Å². The van der Waals surface area contributed by atoms with Gasteiger partial charge in [0, 0.05) is 36.8 Å². The number of amides is 1. The van der Waals surface area contributed by atoms with Crippen LogP contribution in [-0.2, 0) is 9.53 Å². The lowest BCUT2D eigenvalue weighted by Crippen LogP contribution is -2.46. The van der Waals surface area contributed by atoms with Gasteiger partial charge in [-0.1, -0.05) is 0 Å². The van der Waals surface area contributed by atoms with Crippen LogP contribution in [0.25, 0.3) is 16.6 Å². The van der Waals surface area contributed by atoms with Gasteiger partial charge in [0.1, 0.15) is 18.0 Å². The van der Waals surface area contributed by atoms with E-state index in [2.05, 4.69) is 21.8 Å². The molecule has 164 valence electrons. The monoisotopic (exact) mass is 431 g/mol. The number of aromatic nitrogens is 2. The van der Waals surface area contributed by atoms with E-state index in [-0.39, 0.29) is 24.0 Å². The third-order valence-electron chi connectivity index (χ3n) is 5.88. The zero-order valence-electron chi connectivity index (χ0n) is 17.9. The van der Waals surface area contributed by atoms with Crippen molar-refractivity contribution in [3.63, 3.8) is 0 Å². The number of nitrogens with zero attached hydrogens (tertiary/aromatic N) is 3. The van der Waals surface area contributed by atoms with Crippen molar-refractivity contribution in [2.75, 3.05) is 25.0 Å². The summed E-state index contributed by atoms with van der Waals surface area (Å²) in [5, 5.41) is 20.1. The Kier molecular flexibility index (Phi) is 5.52. The summed E-state index contributed by atoms with van der Waals surface area (Å²) in [6.45, 7) is 4.24. The first kappa shape index (κ1) is 20.5. The number of hydrogen-bond acceptors (Lipinski definition) is 6. The van der Waals surface area contributed by atoms with Crippen LogP contribution in [-0.4, -0.2) is 47.4 Å². The van der Waals surface area contributed by atoms with Crippen LogP contribution in [0.15, 0.2) is 42.6 Å². The highest BCUT2D eigenvalue weighted by molar-refractivity contribution is 5.93. The molecule has 1 aromatic carbocycles. The lowest BCUT2D eigenvalue weighted by Gasteiger charge is -2.29. The molecule has 1 amide bonds. The van der Waals surface area contributed by atoms with Gasteiger partial charge in [0.2, 0.25) is 5.91 Å². The molecule has 32 heavy (non-hydrogen) atoms. The van der Waals surface area contributed by atoms with E-state index in [1.807, 2.05) is 43.5 Å². The van der Waals surface area contributed by atoms with Crippen molar-refractivity contribution in [2.45, 2.75) is 32.0 Å². The number of rotatable bonds is 6. The average molecular weight is 431 g/mol. The van der Waals surface area contributed by atoms with Gasteiger partial charge in [0.15, 0.2) is 5.82 Å². The maximum Gasteiger partial charge on any atom is 0.228 e. The van der Waals surface area contributed by atoms with Crippen LogP contribution in [0, 0.1) is 17.2 Å². The number of hydrogen-bond donors (Lipinski definition) is 2. The number of anilines is 1. The summed E-state index contributed by atoms with van der Waals surface area (Å²) in [6, 6.07) is 13.4. The molecule has 8 heteroatoms. The minimum Gasteiger partial charge on any atom is -0.487 e. The third kappa shape index (κ3) is 4.31. The van der Waals surface area contributed by atoms with Crippen LogP contribution in [0.5, 0.6) is 5.75 Å².